The Morgan fingerprint density at radius 2 is 2.00 bits per heavy atom. The molecule has 1 atom stereocenters. The maximum absolute atomic E-state index is 9.78. The summed E-state index contributed by atoms with van der Waals surface area (Å²) in [5.41, 5.74) is 7.46. The molecule has 1 aromatic heterocycles. The van der Waals surface area contributed by atoms with Crippen molar-refractivity contribution < 1.29 is 5.11 Å². The minimum absolute atomic E-state index is 0.0179. The summed E-state index contributed by atoms with van der Waals surface area (Å²) in [5, 5.41) is 14.2. The Labute approximate surface area is 107 Å². The second-order valence-corrected chi connectivity index (χ2v) is 4.67. The zero-order valence-corrected chi connectivity index (χ0v) is 10.6. The molecule has 0 spiro atoms. The van der Waals surface area contributed by atoms with Crippen molar-refractivity contribution >= 4 is 0 Å². The normalized spacial score (nSPS) is 14.4. The van der Waals surface area contributed by atoms with Gasteiger partial charge >= 0.3 is 0 Å². The van der Waals surface area contributed by atoms with Crippen LogP contribution in [0.1, 0.15) is 11.3 Å². The van der Waals surface area contributed by atoms with Gasteiger partial charge in [0.2, 0.25) is 0 Å². The van der Waals surface area contributed by atoms with Crippen molar-refractivity contribution in [3.8, 4) is 0 Å². The molecule has 96 valence electrons. The number of aromatic nitrogens is 2. The molecule has 0 aliphatic rings. The molecule has 0 aliphatic heterocycles. The van der Waals surface area contributed by atoms with E-state index in [0.29, 0.717) is 13.0 Å². The van der Waals surface area contributed by atoms with Gasteiger partial charge in [0.15, 0.2) is 0 Å². The van der Waals surface area contributed by atoms with Crippen molar-refractivity contribution in [2.45, 2.75) is 11.8 Å². The summed E-state index contributed by atoms with van der Waals surface area (Å²) in [5.74, 6) is 0. The molecular formula is C14H19N3O. The van der Waals surface area contributed by atoms with Crippen LogP contribution in [0, 0.1) is 0 Å². The number of nitrogens with zero attached hydrogens (tertiary/aromatic N) is 2. The molecule has 0 saturated carbocycles. The average molecular weight is 245 g/mol. The summed E-state index contributed by atoms with van der Waals surface area (Å²) in [6.07, 6.45) is 2.55. The van der Waals surface area contributed by atoms with Gasteiger partial charge in [-0.1, -0.05) is 30.3 Å². The zero-order chi connectivity index (χ0) is 13.0. The van der Waals surface area contributed by atoms with Gasteiger partial charge in [0, 0.05) is 31.6 Å². The lowest BCUT2D eigenvalue weighted by Crippen LogP contribution is -2.41. The Kier molecular flexibility index (Phi) is 3.79. The molecule has 0 bridgehead atoms. The van der Waals surface area contributed by atoms with E-state index in [0.717, 1.165) is 11.3 Å². The van der Waals surface area contributed by atoms with Gasteiger partial charge in [-0.3, -0.25) is 4.68 Å². The van der Waals surface area contributed by atoms with Gasteiger partial charge in [-0.2, -0.15) is 5.10 Å². The number of aliphatic hydroxyl groups is 1. The Hall–Kier alpha value is -1.65. The Morgan fingerprint density at radius 1 is 1.28 bits per heavy atom. The van der Waals surface area contributed by atoms with Gasteiger partial charge in [-0.25, -0.2) is 0 Å². The lowest BCUT2D eigenvalue weighted by molar-refractivity contribution is 0.195. The van der Waals surface area contributed by atoms with E-state index in [2.05, 4.69) is 5.10 Å². The van der Waals surface area contributed by atoms with Crippen LogP contribution in [-0.4, -0.2) is 28.0 Å². The highest BCUT2D eigenvalue weighted by Gasteiger charge is 2.31. The van der Waals surface area contributed by atoms with Crippen LogP contribution in [0.2, 0.25) is 0 Å². The molecule has 0 fully saturated rings. The first kappa shape index (κ1) is 12.8. The third-order valence-electron chi connectivity index (χ3n) is 3.37. The average Bonchev–Trinajstić information content (AvgIpc) is 2.82. The first-order chi connectivity index (χ1) is 8.70. The molecule has 0 saturated heterocycles. The summed E-state index contributed by atoms with van der Waals surface area (Å²) in [6, 6.07) is 11.9. The fourth-order valence-electron chi connectivity index (χ4n) is 2.20. The predicted molar refractivity (Wildman–Crippen MR) is 71.2 cm³/mol. The van der Waals surface area contributed by atoms with Crippen molar-refractivity contribution in [3.05, 3.63) is 53.9 Å². The van der Waals surface area contributed by atoms with E-state index in [9.17, 15) is 5.11 Å². The van der Waals surface area contributed by atoms with Crippen molar-refractivity contribution in [1.82, 2.24) is 9.78 Å². The van der Waals surface area contributed by atoms with Gasteiger partial charge < -0.3 is 10.8 Å². The Morgan fingerprint density at radius 3 is 2.50 bits per heavy atom. The smallest absolute Gasteiger partial charge is 0.0634 e. The predicted octanol–water partition coefficient (Wildman–Crippen LogP) is 0.852. The van der Waals surface area contributed by atoms with Crippen LogP contribution >= 0.6 is 0 Å². The van der Waals surface area contributed by atoms with Crippen LogP contribution in [0.15, 0.2) is 42.6 Å². The van der Waals surface area contributed by atoms with E-state index in [1.165, 1.54) is 0 Å². The topological polar surface area (TPSA) is 64.1 Å². The molecule has 0 amide bonds. The molecule has 1 unspecified atom stereocenters. The lowest BCUT2D eigenvalue weighted by Gasteiger charge is -2.30. The third-order valence-corrected chi connectivity index (χ3v) is 3.37. The molecule has 2 rings (SSSR count). The summed E-state index contributed by atoms with van der Waals surface area (Å²) >= 11 is 0. The quantitative estimate of drug-likeness (QED) is 0.821. The number of rotatable bonds is 5. The Bertz CT molecular complexity index is 489. The number of hydrogen-bond donors (Lipinski definition) is 2. The van der Waals surface area contributed by atoms with E-state index >= 15 is 0 Å². The Balaban J connectivity index is 2.32. The van der Waals surface area contributed by atoms with Crippen molar-refractivity contribution in [2.24, 2.45) is 12.8 Å². The number of aryl methyl sites for hydroxylation is 1. The second kappa shape index (κ2) is 5.33. The van der Waals surface area contributed by atoms with E-state index in [4.69, 9.17) is 5.73 Å². The summed E-state index contributed by atoms with van der Waals surface area (Å²) in [7, 11) is 1.88. The number of nitrogens with two attached hydrogens (primary N) is 1. The van der Waals surface area contributed by atoms with Crippen molar-refractivity contribution in [2.75, 3.05) is 13.2 Å². The molecule has 4 heteroatoms. The molecular weight excluding hydrogens is 226 g/mol. The number of aliphatic hydroxyl groups excluding tert-OH is 1. The highest BCUT2D eigenvalue weighted by atomic mass is 16.3. The highest BCUT2D eigenvalue weighted by molar-refractivity contribution is 5.28. The van der Waals surface area contributed by atoms with Crippen LogP contribution in [0.4, 0.5) is 0 Å². The van der Waals surface area contributed by atoms with Crippen LogP contribution in [0.25, 0.3) is 0 Å². The minimum atomic E-state index is -0.449. The van der Waals surface area contributed by atoms with Gasteiger partial charge in [-0.15, -0.1) is 0 Å². The zero-order valence-electron chi connectivity index (χ0n) is 10.6. The SMILES string of the molecule is Cn1ccc(CC(CN)(CO)c2ccccc2)n1. The van der Waals surface area contributed by atoms with Crippen LogP contribution in [-0.2, 0) is 18.9 Å². The molecule has 18 heavy (non-hydrogen) atoms. The van der Waals surface area contributed by atoms with Crippen molar-refractivity contribution in [1.29, 1.82) is 0 Å². The van der Waals surface area contributed by atoms with Crippen LogP contribution in [0.3, 0.4) is 0 Å². The van der Waals surface area contributed by atoms with E-state index in [1.54, 1.807) is 4.68 Å². The molecule has 2 aromatic rings. The molecule has 1 aromatic carbocycles. The molecule has 0 radical (unpaired) electrons. The van der Waals surface area contributed by atoms with Gasteiger partial charge in [0.25, 0.3) is 0 Å². The maximum Gasteiger partial charge on any atom is 0.0634 e. The molecule has 0 aliphatic carbocycles. The van der Waals surface area contributed by atoms with E-state index < -0.39 is 5.41 Å². The fourth-order valence-corrected chi connectivity index (χ4v) is 2.20. The first-order valence-electron chi connectivity index (χ1n) is 6.05. The van der Waals surface area contributed by atoms with Crippen molar-refractivity contribution in [3.63, 3.8) is 0 Å². The second-order valence-electron chi connectivity index (χ2n) is 4.67. The summed E-state index contributed by atoms with van der Waals surface area (Å²) in [6.45, 7) is 0.411. The maximum atomic E-state index is 9.78. The molecule has 3 N–H and O–H groups in total. The number of benzene rings is 1. The van der Waals surface area contributed by atoms with E-state index in [1.807, 2.05) is 49.6 Å². The van der Waals surface area contributed by atoms with Gasteiger partial charge in [0.05, 0.1) is 12.3 Å². The number of hydrogen-bond acceptors (Lipinski definition) is 3. The van der Waals surface area contributed by atoms with Crippen LogP contribution < -0.4 is 5.73 Å². The van der Waals surface area contributed by atoms with Crippen LogP contribution in [0.5, 0.6) is 0 Å². The van der Waals surface area contributed by atoms with Gasteiger partial charge in [0.1, 0.15) is 0 Å². The third kappa shape index (κ3) is 2.44. The highest BCUT2D eigenvalue weighted by Crippen LogP contribution is 2.26. The first-order valence-corrected chi connectivity index (χ1v) is 6.05. The molecule has 1 heterocycles. The monoisotopic (exact) mass is 245 g/mol. The summed E-state index contributed by atoms with van der Waals surface area (Å²) < 4.78 is 1.76. The lowest BCUT2D eigenvalue weighted by atomic mass is 9.77. The van der Waals surface area contributed by atoms with Gasteiger partial charge in [-0.05, 0) is 11.6 Å². The minimum Gasteiger partial charge on any atom is -0.395 e. The summed E-state index contributed by atoms with van der Waals surface area (Å²) in [4.78, 5) is 0. The largest absolute Gasteiger partial charge is 0.395 e. The molecule has 4 nitrogen and oxygen atoms in total. The fraction of sp³-hybridized carbons (Fsp3) is 0.357. The van der Waals surface area contributed by atoms with E-state index in [-0.39, 0.29) is 6.61 Å². The standard InChI is InChI=1S/C14H19N3O/c1-17-8-7-13(16-17)9-14(10-15,11-18)12-5-3-2-4-6-12/h2-8,18H,9-11,15H2,1H3.